The molecule has 0 aliphatic heterocycles. The van der Waals surface area contributed by atoms with Gasteiger partial charge in [0.15, 0.2) is 0 Å². The first-order valence-corrected chi connectivity index (χ1v) is 9.09. The third-order valence-corrected chi connectivity index (χ3v) is 4.96. The fourth-order valence-electron chi connectivity index (χ4n) is 2.42. The van der Waals surface area contributed by atoms with Gasteiger partial charge in [-0.3, -0.25) is 14.5 Å². The van der Waals surface area contributed by atoms with Crippen LogP contribution in [0.25, 0.3) is 0 Å². The molecule has 25 heavy (non-hydrogen) atoms. The van der Waals surface area contributed by atoms with Gasteiger partial charge in [-0.1, -0.05) is 23.8 Å². The van der Waals surface area contributed by atoms with E-state index in [9.17, 15) is 9.59 Å². The maximum atomic E-state index is 12.6. The highest BCUT2D eigenvalue weighted by Gasteiger charge is 2.23. The van der Waals surface area contributed by atoms with Gasteiger partial charge < -0.3 is 10.2 Å². The van der Waals surface area contributed by atoms with Crippen LogP contribution in [0.3, 0.4) is 0 Å². The molecule has 1 aromatic carbocycles. The Morgan fingerprint density at radius 1 is 1.16 bits per heavy atom. The van der Waals surface area contributed by atoms with Gasteiger partial charge in [0.1, 0.15) is 0 Å². The zero-order chi connectivity index (χ0) is 18.4. The molecule has 1 N–H and O–H groups in total. The van der Waals surface area contributed by atoms with E-state index >= 15 is 0 Å². The molecular weight excluding hydrogens is 334 g/mol. The van der Waals surface area contributed by atoms with Gasteiger partial charge in [0.25, 0.3) is 0 Å². The third kappa shape index (κ3) is 5.69. The van der Waals surface area contributed by atoms with Crippen LogP contribution in [-0.2, 0) is 16.1 Å². The average Bonchev–Trinajstić information content (AvgIpc) is 3.08. The van der Waals surface area contributed by atoms with Gasteiger partial charge >= 0.3 is 0 Å². The Labute approximate surface area is 153 Å². The lowest BCUT2D eigenvalue weighted by Crippen LogP contribution is -2.46. The smallest absolute Gasteiger partial charge is 0.243 e. The second kappa shape index (κ2) is 8.78. The van der Waals surface area contributed by atoms with E-state index in [2.05, 4.69) is 11.4 Å². The summed E-state index contributed by atoms with van der Waals surface area (Å²) in [6.45, 7) is 4.61. The number of hydrogen-bond donors (Lipinski definition) is 1. The summed E-state index contributed by atoms with van der Waals surface area (Å²) in [7, 11) is 3.58. The normalized spacial score (nSPS) is 12.0. The first-order valence-electron chi connectivity index (χ1n) is 8.21. The number of anilines is 1. The molecule has 0 spiro atoms. The van der Waals surface area contributed by atoms with E-state index in [1.54, 1.807) is 18.4 Å². The molecule has 0 fully saturated rings. The first-order chi connectivity index (χ1) is 11.9. The van der Waals surface area contributed by atoms with Crippen molar-refractivity contribution in [2.45, 2.75) is 26.4 Å². The zero-order valence-corrected chi connectivity index (χ0v) is 16.0. The molecular formula is C19H25N3O2S. The van der Waals surface area contributed by atoms with Crippen LogP contribution in [0.5, 0.6) is 0 Å². The highest BCUT2D eigenvalue weighted by molar-refractivity contribution is 7.09. The van der Waals surface area contributed by atoms with Gasteiger partial charge in [0, 0.05) is 24.2 Å². The topological polar surface area (TPSA) is 52.7 Å². The first kappa shape index (κ1) is 19.1. The van der Waals surface area contributed by atoms with Crippen LogP contribution in [0.4, 0.5) is 5.69 Å². The molecule has 0 bridgehead atoms. The lowest BCUT2D eigenvalue weighted by molar-refractivity contribution is -0.137. The number of carbonyl (C=O) groups excluding carboxylic acids is 2. The molecule has 1 atom stereocenters. The maximum Gasteiger partial charge on any atom is 0.243 e. The van der Waals surface area contributed by atoms with Crippen molar-refractivity contribution in [2.24, 2.45) is 0 Å². The van der Waals surface area contributed by atoms with E-state index in [0.717, 1.165) is 11.3 Å². The SMILES string of the molecule is Cc1ccc(NC(=O)CN(C)C(=O)[C@@H](C)N(C)Cc2cccs2)cc1. The number of carbonyl (C=O) groups is 2. The molecule has 134 valence electrons. The molecule has 1 heterocycles. The van der Waals surface area contributed by atoms with Crippen molar-refractivity contribution in [1.29, 1.82) is 0 Å². The summed E-state index contributed by atoms with van der Waals surface area (Å²) < 4.78 is 0. The second-order valence-corrected chi connectivity index (χ2v) is 7.31. The molecule has 2 rings (SSSR count). The van der Waals surface area contributed by atoms with Crippen molar-refractivity contribution in [2.75, 3.05) is 26.0 Å². The lowest BCUT2D eigenvalue weighted by Gasteiger charge is -2.27. The van der Waals surface area contributed by atoms with E-state index < -0.39 is 0 Å². The van der Waals surface area contributed by atoms with Crippen LogP contribution >= 0.6 is 11.3 Å². The van der Waals surface area contributed by atoms with Gasteiger partial charge in [-0.2, -0.15) is 0 Å². The number of benzene rings is 1. The van der Waals surface area contributed by atoms with Crippen molar-refractivity contribution >= 4 is 28.8 Å². The summed E-state index contributed by atoms with van der Waals surface area (Å²) in [5.74, 6) is -0.272. The molecule has 5 nitrogen and oxygen atoms in total. The fraction of sp³-hybridized carbons (Fsp3) is 0.368. The van der Waals surface area contributed by atoms with Crippen LogP contribution < -0.4 is 5.32 Å². The summed E-state index contributed by atoms with van der Waals surface area (Å²) in [4.78, 5) is 29.4. The summed E-state index contributed by atoms with van der Waals surface area (Å²) >= 11 is 1.67. The summed E-state index contributed by atoms with van der Waals surface area (Å²) in [6, 6.07) is 11.3. The van der Waals surface area contributed by atoms with Crippen LogP contribution in [0, 0.1) is 6.92 Å². The molecule has 2 amide bonds. The highest BCUT2D eigenvalue weighted by atomic mass is 32.1. The average molecular weight is 359 g/mol. The Hall–Kier alpha value is -2.18. The number of likely N-dealkylation sites (N-methyl/N-ethyl adjacent to an activating group) is 2. The van der Waals surface area contributed by atoms with Gasteiger partial charge in [-0.05, 0) is 44.5 Å². The summed E-state index contributed by atoms with van der Waals surface area (Å²) in [5, 5.41) is 4.84. The monoisotopic (exact) mass is 359 g/mol. The second-order valence-electron chi connectivity index (χ2n) is 6.28. The zero-order valence-electron chi connectivity index (χ0n) is 15.2. The molecule has 0 aliphatic carbocycles. The maximum absolute atomic E-state index is 12.6. The number of nitrogens with zero attached hydrogens (tertiary/aromatic N) is 2. The predicted molar refractivity (Wildman–Crippen MR) is 103 cm³/mol. The Morgan fingerprint density at radius 2 is 1.84 bits per heavy atom. The number of aryl methyl sites for hydroxylation is 1. The standard InChI is InChI=1S/C19H25N3O2S/c1-14-7-9-16(10-8-14)20-18(23)13-22(4)19(24)15(2)21(3)12-17-6-5-11-25-17/h5-11,15H,12-13H2,1-4H3,(H,20,23)/t15-/m1/s1. The van der Waals surface area contributed by atoms with Crippen molar-refractivity contribution in [3.05, 3.63) is 52.2 Å². The van der Waals surface area contributed by atoms with Crippen LogP contribution in [0.2, 0.25) is 0 Å². The number of hydrogen-bond acceptors (Lipinski definition) is 4. The molecule has 0 saturated carbocycles. The van der Waals surface area contributed by atoms with Crippen LogP contribution in [0.1, 0.15) is 17.4 Å². The van der Waals surface area contributed by atoms with Crippen LogP contribution in [0.15, 0.2) is 41.8 Å². The van der Waals surface area contributed by atoms with Gasteiger partial charge in [-0.15, -0.1) is 11.3 Å². The molecule has 2 aromatic rings. The Balaban J connectivity index is 1.85. The Bertz CT molecular complexity index is 698. The molecule has 0 radical (unpaired) electrons. The van der Waals surface area contributed by atoms with Gasteiger partial charge in [0.2, 0.25) is 11.8 Å². The van der Waals surface area contributed by atoms with E-state index in [4.69, 9.17) is 0 Å². The number of rotatable bonds is 7. The Morgan fingerprint density at radius 3 is 2.44 bits per heavy atom. The minimum absolute atomic E-state index is 0.0316. The van der Waals surface area contributed by atoms with Gasteiger partial charge in [-0.25, -0.2) is 0 Å². The molecule has 0 aliphatic rings. The molecule has 0 saturated heterocycles. The van der Waals surface area contributed by atoms with Crippen molar-refractivity contribution in [3.8, 4) is 0 Å². The third-order valence-electron chi connectivity index (χ3n) is 4.10. The molecule has 0 unspecified atom stereocenters. The lowest BCUT2D eigenvalue weighted by atomic mass is 10.2. The summed E-state index contributed by atoms with van der Waals surface area (Å²) in [6.07, 6.45) is 0. The fourth-order valence-corrected chi connectivity index (χ4v) is 3.19. The largest absolute Gasteiger partial charge is 0.335 e. The van der Waals surface area contributed by atoms with Gasteiger partial charge in [0.05, 0.1) is 12.6 Å². The number of amides is 2. The van der Waals surface area contributed by atoms with E-state index in [-0.39, 0.29) is 24.4 Å². The van der Waals surface area contributed by atoms with Crippen molar-refractivity contribution in [1.82, 2.24) is 9.80 Å². The number of nitrogens with one attached hydrogen (secondary N) is 1. The molecule has 6 heteroatoms. The van der Waals surface area contributed by atoms with Crippen LogP contribution in [-0.4, -0.2) is 48.3 Å². The summed E-state index contributed by atoms with van der Waals surface area (Å²) in [5.41, 5.74) is 1.87. The predicted octanol–water partition coefficient (Wildman–Crippen LogP) is 2.97. The van der Waals surface area contributed by atoms with E-state index in [1.165, 1.54) is 9.78 Å². The highest BCUT2D eigenvalue weighted by Crippen LogP contribution is 2.13. The molecule has 1 aromatic heterocycles. The van der Waals surface area contributed by atoms with E-state index in [0.29, 0.717) is 6.54 Å². The quantitative estimate of drug-likeness (QED) is 0.827. The van der Waals surface area contributed by atoms with Crippen molar-refractivity contribution < 1.29 is 9.59 Å². The van der Waals surface area contributed by atoms with E-state index in [1.807, 2.05) is 61.5 Å². The minimum atomic E-state index is -0.292. The number of thiophene rings is 1. The Kier molecular flexibility index (Phi) is 6.73. The van der Waals surface area contributed by atoms with Crippen molar-refractivity contribution in [3.63, 3.8) is 0 Å². The minimum Gasteiger partial charge on any atom is -0.335 e.